The highest BCUT2D eigenvalue weighted by Gasteiger charge is 2.26. The molecular formula is C14H16ClN3O3. The first-order valence-corrected chi connectivity index (χ1v) is 6.77. The van der Waals surface area contributed by atoms with E-state index in [1.807, 2.05) is 20.8 Å². The van der Waals surface area contributed by atoms with Crippen molar-refractivity contribution >= 4 is 17.3 Å². The molecule has 0 amide bonds. The fourth-order valence-corrected chi connectivity index (χ4v) is 2.34. The molecule has 0 unspecified atom stereocenters. The van der Waals surface area contributed by atoms with Crippen LogP contribution < -0.4 is 0 Å². The molecule has 0 bridgehead atoms. The van der Waals surface area contributed by atoms with Crippen LogP contribution in [-0.4, -0.2) is 19.8 Å². The fourth-order valence-electron chi connectivity index (χ4n) is 2.06. The fraction of sp³-hybridized carbons (Fsp3) is 0.357. The van der Waals surface area contributed by atoms with E-state index in [0.29, 0.717) is 22.1 Å². The standard InChI is InChI=1S/C14H16ClN3O3/c1-14(2,3)12-11(8-19)13(15)17(16-12)9-4-6-10(7-5-9)18(20)21/h4-7,19H,8H2,1-3H3. The van der Waals surface area contributed by atoms with Gasteiger partial charge in [-0.3, -0.25) is 10.1 Å². The number of hydrogen-bond acceptors (Lipinski definition) is 4. The predicted molar refractivity (Wildman–Crippen MR) is 79.9 cm³/mol. The second-order valence-electron chi connectivity index (χ2n) is 5.71. The van der Waals surface area contributed by atoms with E-state index in [2.05, 4.69) is 5.10 Å². The number of aliphatic hydroxyl groups is 1. The van der Waals surface area contributed by atoms with Crippen molar-refractivity contribution < 1.29 is 10.0 Å². The van der Waals surface area contributed by atoms with Gasteiger partial charge in [-0.25, -0.2) is 4.68 Å². The first-order chi connectivity index (χ1) is 9.75. The Morgan fingerprint density at radius 2 is 1.90 bits per heavy atom. The van der Waals surface area contributed by atoms with Gasteiger partial charge in [-0.15, -0.1) is 0 Å². The second kappa shape index (κ2) is 5.46. The second-order valence-corrected chi connectivity index (χ2v) is 6.07. The molecule has 0 spiro atoms. The average Bonchev–Trinajstić information content (AvgIpc) is 2.75. The Bertz CT molecular complexity index is 672. The van der Waals surface area contributed by atoms with Crippen molar-refractivity contribution in [1.29, 1.82) is 0 Å². The van der Waals surface area contributed by atoms with Gasteiger partial charge in [-0.1, -0.05) is 32.4 Å². The van der Waals surface area contributed by atoms with Crippen LogP contribution in [0.2, 0.25) is 5.15 Å². The van der Waals surface area contributed by atoms with E-state index in [-0.39, 0.29) is 17.7 Å². The molecular weight excluding hydrogens is 294 g/mol. The van der Waals surface area contributed by atoms with Crippen LogP contribution >= 0.6 is 11.6 Å². The van der Waals surface area contributed by atoms with Crippen molar-refractivity contribution in [2.75, 3.05) is 0 Å². The zero-order valence-electron chi connectivity index (χ0n) is 12.0. The largest absolute Gasteiger partial charge is 0.391 e. The lowest BCUT2D eigenvalue weighted by molar-refractivity contribution is -0.384. The third-order valence-electron chi connectivity index (χ3n) is 3.09. The van der Waals surface area contributed by atoms with Crippen molar-refractivity contribution in [2.24, 2.45) is 0 Å². The SMILES string of the molecule is CC(C)(C)c1nn(-c2ccc([N+](=O)[O-])cc2)c(Cl)c1CO. The topological polar surface area (TPSA) is 81.2 Å². The Kier molecular flexibility index (Phi) is 4.02. The molecule has 0 radical (unpaired) electrons. The molecule has 1 aromatic heterocycles. The van der Waals surface area contributed by atoms with E-state index in [1.54, 1.807) is 12.1 Å². The lowest BCUT2D eigenvalue weighted by atomic mass is 9.90. The summed E-state index contributed by atoms with van der Waals surface area (Å²) in [4.78, 5) is 10.2. The molecule has 1 heterocycles. The van der Waals surface area contributed by atoms with Crippen LogP contribution in [0.4, 0.5) is 5.69 Å². The molecule has 2 aromatic rings. The molecule has 6 nitrogen and oxygen atoms in total. The molecule has 0 aliphatic heterocycles. The maximum Gasteiger partial charge on any atom is 0.269 e. The highest BCUT2D eigenvalue weighted by molar-refractivity contribution is 6.30. The van der Waals surface area contributed by atoms with Gasteiger partial charge in [-0.05, 0) is 12.1 Å². The van der Waals surface area contributed by atoms with E-state index in [9.17, 15) is 15.2 Å². The number of nitrogens with zero attached hydrogens (tertiary/aromatic N) is 3. The molecule has 21 heavy (non-hydrogen) atoms. The Morgan fingerprint density at radius 3 is 2.29 bits per heavy atom. The van der Waals surface area contributed by atoms with Crippen molar-refractivity contribution in [3.05, 3.63) is 50.8 Å². The van der Waals surface area contributed by atoms with E-state index in [0.717, 1.165) is 0 Å². The van der Waals surface area contributed by atoms with Gasteiger partial charge in [0.05, 0.1) is 22.9 Å². The summed E-state index contributed by atoms with van der Waals surface area (Å²) in [5.74, 6) is 0. The van der Waals surface area contributed by atoms with E-state index >= 15 is 0 Å². The summed E-state index contributed by atoms with van der Waals surface area (Å²) in [6.45, 7) is 5.72. The van der Waals surface area contributed by atoms with Gasteiger partial charge in [0.2, 0.25) is 0 Å². The smallest absolute Gasteiger partial charge is 0.269 e. The van der Waals surface area contributed by atoms with Crippen LogP contribution in [0.1, 0.15) is 32.0 Å². The van der Waals surface area contributed by atoms with Crippen LogP contribution in [0.5, 0.6) is 0 Å². The Hall–Kier alpha value is -1.92. The van der Waals surface area contributed by atoms with Crippen molar-refractivity contribution in [1.82, 2.24) is 9.78 Å². The number of nitro groups is 1. The third-order valence-corrected chi connectivity index (χ3v) is 3.48. The minimum atomic E-state index is -0.464. The average molecular weight is 310 g/mol. The molecule has 112 valence electrons. The zero-order chi connectivity index (χ0) is 15.8. The van der Waals surface area contributed by atoms with Crippen LogP contribution in [-0.2, 0) is 12.0 Å². The number of non-ortho nitro benzene ring substituents is 1. The molecule has 0 aliphatic rings. The first-order valence-electron chi connectivity index (χ1n) is 6.39. The Labute approximate surface area is 127 Å². The van der Waals surface area contributed by atoms with E-state index < -0.39 is 4.92 Å². The minimum Gasteiger partial charge on any atom is -0.391 e. The van der Waals surface area contributed by atoms with Gasteiger partial charge in [0.1, 0.15) is 5.15 Å². The molecule has 7 heteroatoms. The quantitative estimate of drug-likeness (QED) is 0.697. The van der Waals surface area contributed by atoms with Gasteiger partial charge >= 0.3 is 0 Å². The normalized spacial score (nSPS) is 11.7. The maximum absolute atomic E-state index is 10.7. The van der Waals surface area contributed by atoms with Crippen LogP contribution in [0.15, 0.2) is 24.3 Å². The number of aromatic nitrogens is 2. The lowest BCUT2D eigenvalue weighted by Crippen LogP contribution is -2.15. The van der Waals surface area contributed by atoms with Gasteiger partial charge in [-0.2, -0.15) is 5.10 Å². The van der Waals surface area contributed by atoms with Crippen LogP contribution in [0, 0.1) is 10.1 Å². The highest BCUT2D eigenvalue weighted by Crippen LogP contribution is 2.32. The molecule has 1 aromatic carbocycles. The summed E-state index contributed by atoms with van der Waals surface area (Å²) in [6.07, 6.45) is 0. The summed E-state index contributed by atoms with van der Waals surface area (Å²) >= 11 is 6.28. The molecule has 0 aliphatic carbocycles. The predicted octanol–water partition coefficient (Wildman–Crippen LogP) is 3.22. The molecule has 0 saturated carbocycles. The van der Waals surface area contributed by atoms with Crippen molar-refractivity contribution in [3.63, 3.8) is 0 Å². The number of rotatable bonds is 3. The van der Waals surface area contributed by atoms with Crippen LogP contribution in [0.3, 0.4) is 0 Å². The lowest BCUT2D eigenvalue weighted by Gasteiger charge is -2.16. The van der Waals surface area contributed by atoms with Crippen molar-refractivity contribution in [3.8, 4) is 5.69 Å². The molecule has 2 rings (SSSR count). The number of aliphatic hydroxyl groups excluding tert-OH is 1. The summed E-state index contributed by atoms with van der Waals surface area (Å²) < 4.78 is 1.48. The molecule has 0 atom stereocenters. The summed E-state index contributed by atoms with van der Waals surface area (Å²) in [6, 6.07) is 5.93. The summed E-state index contributed by atoms with van der Waals surface area (Å²) in [7, 11) is 0. The Balaban J connectivity index is 2.54. The van der Waals surface area contributed by atoms with Gasteiger partial charge in [0, 0.05) is 23.1 Å². The van der Waals surface area contributed by atoms with Crippen LogP contribution in [0.25, 0.3) is 5.69 Å². The molecule has 1 N–H and O–H groups in total. The van der Waals surface area contributed by atoms with Crippen molar-refractivity contribution in [2.45, 2.75) is 32.8 Å². The summed E-state index contributed by atoms with van der Waals surface area (Å²) in [5, 5.41) is 25.0. The summed E-state index contributed by atoms with van der Waals surface area (Å²) in [5.41, 5.74) is 1.61. The zero-order valence-corrected chi connectivity index (χ0v) is 12.8. The highest BCUT2D eigenvalue weighted by atomic mass is 35.5. The number of halogens is 1. The number of hydrogen-bond donors (Lipinski definition) is 1. The monoisotopic (exact) mass is 309 g/mol. The number of benzene rings is 1. The Morgan fingerprint density at radius 1 is 1.33 bits per heavy atom. The number of nitro benzene ring substituents is 1. The maximum atomic E-state index is 10.7. The molecule has 0 saturated heterocycles. The van der Waals surface area contributed by atoms with E-state index in [1.165, 1.54) is 16.8 Å². The third kappa shape index (κ3) is 2.91. The first kappa shape index (κ1) is 15.5. The van der Waals surface area contributed by atoms with Gasteiger partial charge in [0.25, 0.3) is 5.69 Å². The van der Waals surface area contributed by atoms with Gasteiger partial charge < -0.3 is 5.11 Å². The minimum absolute atomic E-state index is 0.000421. The molecule has 0 fully saturated rings. The van der Waals surface area contributed by atoms with E-state index in [4.69, 9.17) is 11.6 Å². The van der Waals surface area contributed by atoms with Gasteiger partial charge in [0.15, 0.2) is 0 Å².